The molecule has 1 aromatic carbocycles. The predicted molar refractivity (Wildman–Crippen MR) is 93.2 cm³/mol. The van der Waals surface area contributed by atoms with E-state index in [0.717, 1.165) is 34.6 Å². The lowest BCUT2D eigenvalue weighted by Gasteiger charge is -2.09. The van der Waals surface area contributed by atoms with E-state index in [1.165, 1.54) is 0 Å². The largest absolute Gasteiger partial charge is 0.480 e. The number of nitrogens with one attached hydrogen (secondary N) is 1. The number of imidazole rings is 1. The van der Waals surface area contributed by atoms with Gasteiger partial charge in [-0.2, -0.15) is 0 Å². The van der Waals surface area contributed by atoms with Gasteiger partial charge in [-0.05, 0) is 31.0 Å². The summed E-state index contributed by atoms with van der Waals surface area (Å²) in [5, 5.41) is 7.28. The van der Waals surface area contributed by atoms with Gasteiger partial charge in [-0.25, -0.2) is 9.50 Å². The Kier molecular flexibility index (Phi) is 4.46. The normalized spacial score (nSPS) is 10.8. The summed E-state index contributed by atoms with van der Waals surface area (Å²) in [4.78, 5) is 16.4. The highest BCUT2D eigenvalue weighted by molar-refractivity contribution is 5.92. The molecule has 3 rings (SSSR count). The molecular weight excluding hydrogens is 304 g/mol. The molecule has 0 fully saturated rings. The summed E-state index contributed by atoms with van der Waals surface area (Å²) >= 11 is 0. The average molecular weight is 324 g/mol. The van der Waals surface area contributed by atoms with Crippen molar-refractivity contribution in [3.63, 3.8) is 0 Å². The molecule has 0 spiro atoms. The summed E-state index contributed by atoms with van der Waals surface area (Å²) in [6, 6.07) is 9.55. The van der Waals surface area contributed by atoms with Crippen molar-refractivity contribution in [2.45, 2.75) is 26.7 Å². The summed E-state index contributed by atoms with van der Waals surface area (Å²) in [5.41, 5.74) is 4.29. The molecule has 0 radical (unpaired) electrons. The van der Waals surface area contributed by atoms with Crippen molar-refractivity contribution in [1.29, 1.82) is 0 Å². The van der Waals surface area contributed by atoms with Gasteiger partial charge in [-0.3, -0.25) is 4.79 Å². The van der Waals surface area contributed by atoms with Gasteiger partial charge in [0.15, 0.2) is 5.65 Å². The van der Waals surface area contributed by atoms with Gasteiger partial charge in [0.05, 0.1) is 19.0 Å². The zero-order chi connectivity index (χ0) is 17.1. The van der Waals surface area contributed by atoms with Crippen LogP contribution >= 0.6 is 0 Å². The van der Waals surface area contributed by atoms with Crippen LogP contribution in [0.3, 0.4) is 0 Å². The van der Waals surface area contributed by atoms with Gasteiger partial charge in [0.2, 0.25) is 11.8 Å². The third kappa shape index (κ3) is 3.22. The van der Waals surface area contributed by atoms with Crippen molar-refractivity contribution in [3.05, 3.63) is 42.1 Å². The van der Waals surface area contributed by atoms with Gasteiger partial charge >= 0.3 is 0 Å². The molecule has 0 aliphatic carbocycles. The number of carbonyl (C=O) groups excluding carboxylic acids is 1. The number of benzene rings is 1. The van der Waals surface area contributed by atoms with Crippen LogP contribution in [0.25, 0.3) is 16.9 Å². The Morgan fingerprint density at radius 1 is 1.29 bits per heavy atom. The van der Waals surface area contributed by atoms with E-state index in [0.29, 0.717) is 12.3 Å². The van der Waals surface area contributed by atoms with Crippen LogP contribution < -0.4 is 10.1 Å². The van der Waals surface area contributed by atoms with Crippen LogP contribution in [-0.4, -0.2) is 27.6 Å². The first-order chi connectivity index (χ1) is 11.6. The van der Waals surface area contributed by atoms with Crippen LogP contribution in [-0.2, 0) is 4.79 Å². The zero-order valence-electron chi connectivity index (χ0n) is 14.0. The maximum atomic E-state index is 11.9. The number of hydrogen-bond acceptors (Lipinski definition) is 4. The van der Waals surface area contributed by atoms with Gasteiger partial charge in [-0.1, -0.05) is 19.1 Å². The Labute approximate surface area is 140 Å². The number of rotatable bonds is 5. The highest BCUT2D eigenvalue weighted by Crippen LogP contribution is 2.25. The summed E-state index contributed by atoms with van der Waals surface area (Å²) in [5.74, 6) is 0.557. The van der Waals surface area contributed by atoms with Crippen molar-refractivity contribution in [1.82, 2.24) is 14.6 Å². The quantitative estimate of drug-likeness (QED) is 0.780. The molecule has 0 atom stereocenters. The molecular formula is C18H20N4O2. The maximum absolute atomic E-state index is 11.9. The van der Waals surface area contributed by atoms with Gasteiger partial charge in [0, 0.05) is 23.7 Å². The molecule has 6 nitrogen and oxygen atoms in total. The van der Waals surface area contributed by atoms with Crippen LogP contribution in [0.2, 0.25) is 0 Å². The lowest BCUT2D eigenvalue weighted by atomic mass is 10.1. The third-order valence-electron chi connectivity index (χ3n) is 3.79. The van der Waals surface area contributed by atoms with E-state index in [9.17, 15) is 4.79 Å². The number of amides is 1. The van der Waals surface area contributed by atoms with Crippen molar-refractivity contribution < 1.29 is 9.53 Å². The summed E-state index contributed by atoms with van der Waals surface area (Å²) < 4.78 is 6.82. The van der Waals surface area contributed by atoms with Crippen molar-refractivity contribution in [2.75, 3.05) is 12.4 Å². The van der Waals surface area contributed by atoms with E-state index in [1.807, 2.05) is 44.3 Å². The topological polar surface area (TPSA) is 68.5 Å². The SMILES string of the molecule is CCCC(=O)Nc1cc(-c2cn3nc(OC)ccc3n2)ccc1C. The second-order valence-electron chi connectivity index (χ2n) is 5.63. The molecule has 2 aromatic heterocycles. The minimum absolute atomic E-state index is 0.0270. The Bertz CT molecular complexity index is 886. The lowest BCUT2D eigenvalue weighted by molar-refractivity contribution is -0.116. The van der Waals surface area contributed by atoms with Gasteiger partial charge in [0.1, 0.15) is 0 Å². The average Bonchev–Trinajstić information content (AvgIpc) is 3.00. The second kappa shape index (κ2) is 6.70. The molecule has 0 unspecified atom stereocenters. The number of methoxy groups -OCH3 is 1. The smallest absolute Gasteiger partial charge is 0.231 e. The van der Waals surface area contributed by atoms with Crippen LogP contribution in [0, 0.1) is 6.92 Å². The highest BCUT2D eigenvalue weighted by Gasteiger charge is 2.10. The van der Waals surface area contributed by atoms with E-state index in [-0.39, 0.29) is 5.91 Å². The predicted octanol–water partition coefficient (Wildman–Crippen LogP) is 3.45. The van der Waals surface area contributed by atoms with Crippen molar-refractivity contribution in [3.8, 4) is 17.1 Å². The number of aromatic nitrogens is 3. The van der Waals surface area contributed by atoms with Gasteiger partial charge in [-0.15, -0.1) is 5.10 Å². The van der Waals surface area contributed by atoms with E-state index < -0.39 is 0 Å². The second-order valence-corrected chi connectivity index (χ2v) is 5.63. The number of aryl methyl sites for hydroxylation is 1. The number of nitrogens with zero attached hydrogens (tertiary/aromatic N) is 3. The Balaban J connectivity index is 1.95. The number of anilines is 1. The van der Waals surface area contributed by atoms with E-state index in [2.05, 4.69) is 15.4 Å². The van der Waals surface area contributed by atoms with Crippen LogP contribution in [0.1, 0.15) is 25.3 Å². The summed E-state index contributed by atoms with van der Waals surface area (Å²) in [6.07, 6.45) is 3.19. The number of fused-ring (bicyclic) bond motifs is 1. The van der Waals surface area contributed by atoms with E-state index in [1.54, 1.807) is 17.7 Å². The first kappa shape index (κ1) is 16.0. The van der Waals surface area contributed by atoms with Crippen LogP contribution in [0.4, 0.5) is 5.69 Å². The Morgan fingerprint density at radius 2 is 2.12 bits per heavy atom. The molecule has 24 heavy (non-hydrogen) atoms. The number of ether oxygens (including phenoxy) is 1. The molecule has 0 aliphatic rings. The zero-order valence-corrected chi connectivity index (χ0v) is 14.0. The molecule has 0 saturated carbocycles. The molecule has 3 aromatic rings. The minimum atomic E-state index is 0.0270. The Hall–Kier alpha value is -2.89. The van der Waals surface area contributed by atoms with Crippen molar-refractivity contribution >= 4 is 17.2 Å². The molecule has 0 saturated heterocycles. The van der Waals surface area contributed by atoms with Crippen molar-refractivity contribution in [2.24, 2.45) is 0 Å². The summed E-state index contributed by atoms with van der Waals surface area (Å²) in [6.45, 7) is 3.96. The molecule has 6 heteroatoms. The van der Waals surface area contributed by atoms with Crippen LogP contribution in [0.15, 0.2) is 36.5 Å². The first-order valence-corrected chi connectivity index (χ1v) is 7.92. The molecule has 0 aliphatic heterocycles. The fourth-order valence-electron chi connectivity index (χ4n) is 2.47. The molecule has 0 bridgehead atoms. The first-order valence-electron chi connectivity index (χ1n) is 7.92. The standard InChI is InChI=1S/C18H20N4O2/c1-4-5-17(23)20-14-10-13(7-6-12(14)2)15-11-22-16(19-15)8-9-18(21-22)24-3/h6-11H,4-5H2,1-3H3,(H,20,23). The number of hydrogen-bond donors (Lipinski definition) is 1. The third-order valence-corrected chi connectivity index (χ3v) is 3.79. The monoisotopic (exact) mass is 324 g/mol. The molecule has 1 amide bonds. The van der Waals surface area contributed by atoms with Gasteiger partial charge < -0.3 is 10.1 Å². The van der Waals surface area contributed by atoms with Gasteiger partial charge in [0.25, 0.3) is 0 Å². The van der Waals surface area contributed by atoms with Crippen LogP contribution in [0.5, 0.6) is 5.88 Å². The molecule has 2 heterocycles. The van der Waals surface area contributed by atoms with E-state index >= 15 is 0 Å². The minimum Gasteiger partial charge on any atom is -0.480 e. The summed E-state index contributed by atoms with van der Waals surface area (Å²) in [7, 11) is 1.58. The fraction of sp³-hybridized carbons (Fsp3) is 0.278. The Morgan fingerprint density at radius 3 is 2.88 bits per heavy atom. The maximum Gasteiger partial charge on any atom is 0.231 e. The fourth-order valence-corrected chi connectivity index (χ4v) is 2.47. The highest BCUT2D eigenvalue weighted by atomic mass is 16.5. The molecule has 1 N–H and O–H groups in total. The molecule has 124 valence electrons. The lowest BCUT2D eigenvalue weighted by Crippen LogP contribution is -2.11. The number of carbonyl (C=O) groups is 1. The van der Waals surface area contributed by atoms with E-state index in [4.69, 9.17) is 4.74 Å².